The highest BCUT2D eigenvalue weighted by molar-refractivity contribution is 5.35. The van der Waals surface area contributed by atoms with Crippen LogP contribution in [0.1, 0.15) is 19.8 Å². The highest BCUT2D eigenvalue weighted by Crippen LogP contribution is 2.15. The maximum absolute atomic E-state index is 5.31. The fraction of sp³-hybridized carbons (Fsp3) is 0.700. The van der Waals surface area contributed by atoms with E-state index in [4.69, 9.17) is 15.3 Å². The van der Waals surface area contributed by atoms with E-state index in [1.807, 2.05) is 6.92 Å². The molecular weight excluding hydrogens is 236 g/mol. The van der Waals surface area contributed by atoms with Gasteiger partial charge < -0.3 is 14.8 Å². The number of nitrogens with zero attached hydrogens (tertiary/aromatic N) is 3. The van der Waals surface area contributed by atoms with E-state index < -0.39 is 0 Å². The Morgan fingerprint density at radius 1 is 1.28 bits per heavy atom. The monoisotopic (exact) mass is 254 g/mol. The molecule has 0 spiro atoms. The molecule has 0 bridgehead atoms. The summed E-state index contributed by atoms with van der Waals surface area (Å²) in [6, 6.07) is 0.566. The van der Waals surface area contributed by atoms with Gasteiger partial charge >= 0.3 is 6.01 Å². The van der Waals surface area contributed by atoms with Crippen molar-refractivity contribution >= 4 is 11.9 Å². The molecule has 1 aromatic heterocycles. The van der Waals surface area contributed by atoms with Crippen LogP contribution in [0.4, 0.5) is 11.9 Å². The number of hydrogen-bond acceptors (Lipinski definition) is 8. The van der Waals surface area contributed by atoms with Crippen LogP contribution < -0.4 is 21.3 Å². The minimum absolute atomic E-state index is 0.259. The van der Waals surface area contributed by atoms with Gasteiger partial charge in [0.05, 0.1) is 6.61 Å². The van der Waals surface area contributed by atoms with Gasteiger partial charge in [0.1, 0.15) is 0 Å². The van der Waals surface area contributed by atoms with Crippen molar-refractivity contribution < 1.29 is 9.47 Å². The molecule has 4 N–H and O–H groups in total. The van der Waals surface area contributed by atoms with Crippen LogP contribution >= 0.6 is 0 Å². The number of hydrazine groups is 1. The van der Waals surface area contributed by atoms with Crippen molar-refractivity contribution in [3.8, 4) is 6.01 Å². The minimum Gasteiger partial charge on any atom is -0.464 e. The van der Waals surface area contributed by atoms with E-state index in [1.165, 1.54) is 0 Å². The summed E-state index contributed by atoms with van der Waals surface area (Å²) in [5.41, 5.74) is 2.40. The van der Waals surface area contributed by atoms with Crippen LogP contribution in [0.3, 0.4) is 0 Å². The number of ether oxygens (including phenoxy) is 2. The third-order valence-electron chi connectivity index (χ3n) is 2.57. The van der Waals surface area contributed by atoms with Crippen LogP contribution in [-0.4, -0.2) is 40.8 Å². The zero-order valence-electron chi connectivity index (χ0n) is 10.3. The molecule has 0 aromatic carbocycles. The fourth-order valence-electron chi connectivity index (χ4n) is 1.70. The Bertz CT molecular complexity index is 383. The Kier molecular flexibility index (Phi) is 4.48. The second-order valence-corrected chi connectivity index (χ2v) is 3.87. The zero-order chi connectivity index (χ0) is 12.8. The lowest BCUT2D eigenvalue weighted by Gasteiger charge is -2.23. The van der Waals surface area contributed by atoms with Gasteiger partial charge in [0.25, 0.3) is 0 Å². The molecule has 0 aliphatic carbocycles. The number of hydrogen-bond donors (Lipinski definition) is 3. The molecule has 0 atom stereocenters. The van der Waals surface area contributed by atoms with E-state index in [0.29, 0.717) is 18.6 Å². The third kappa shape index (κ3) is 3.41. The maximum Gasteiger partial charge on any atom is 0.323 e. The Morgan fingerprint density at radius 3 is 2.67 bits per heavy atom. The lowest BCUT2D eigenvalue weighted by Crippen LogP contribution is -2.29. The molecule has 100 valence electrons. The van der Waals surface area contributed by atoms with E-state index >= 15 is 0 Å². The smallest absolute Gasteiger partial charge is 0.323 e. The van der Waals surface area contributed by atoms with Gasteiger partial charge in [-0.2, -0.15) is 15.0 Å². The van der Waals surface area contributed by atoms with Gasteiger partial charge in [-0.05, 0) is 19.8 Å². The summed E-state index contributed by atoms with van der Waals surface area (Å²) in [6.45, 7) is 3.86. The van der Waals surface area contributed by atoms with Gasteiger partial charge in [-0.25, -0.2) is 5.84 Å². The molecule has 0 radical (unpaired) electrons. The van der Waals surface area contributed by atoms with Crippen molar-refractivity contribution in [2.45, 2.75) is 25.8 Å². The molecule has 1 aliphatic heterocycles. The van der Waals surface area contributed by atoms with E-state index in [2.05, 4.69) is 25.7 Å². The van der Waals surface area contributed by atoms with Crippen molar-refractivity contribution in [3.63, 3.8) is 0 Å². The van der Waals surface area contributed by atoms with Gasteiger partial charge in [-0.15, -0.1) is 0 Å². The van der Waals surface area contributed by atoms with Gasteiger partial charge in [0.2, 0.25) is 11.9 Å². The molecule has 8 nitrogen and oxygen atoms in total. The number of rotatable bonds is 5. The molecule has 1 aromatic rings. The van der Waals surface area contributed by atoms with Crippen LogP contribution in [0.25, 0.3) is 0 Å². The fourth-order valence-corrected chi connectivity index (χ4v) is 1.70. The van der Waals surface area contributed by atoms with Crippen LogP contribution in [0.15, 0.2) is 0 Å². The normalized spacial score (nSPS) is 16.3. The average Bonchev–Trinajstić information content (AvgIpc) is 2.40. The third-order valence-corrected chi connectivity index (χ3v) is 2.57. The molecule has 1 fully saturated rings. The molecule has 1 aliphatic rings. The Balaban J connectivity index is 2.07. The molecule has 0 unspecified atom stereocenters. The SMILES string of the molecule is CCOc1nc(NN)nc(NC2CCOCC2)n1. The summed E-state index contributed by atoms with van der Waals surface area (Å²) in [5.74, 6) is 6.06. The maximum atomic E-state index is 5.31. The first-order valence-corrected chi connectivity index (χ1v) is 6.01. The summed E-state index contributed by atoms with van der Waals surface area (Å²) < 4.78 is 10.6. The Hall–Kier alpha value is -1.67. The van der Waals surface area contributed by atoms with Crippen molar-refractivity contribution in [1.29, 1.82) is 0 Å². The molecule has 2 heterocycles. The summed E-state index contributed by atoms with van der Waals surface area (Å²) >= 11 is 0. The van der Waals surface area contributed by atoms with Crippen molar-refractivity contribution in [1.82, 2.24) is 15.0 Å². The van der Waals surface area contributed by atoms with Crippen LogP contribution in [0, 0.1) is 0 Å². The van der Waals surface area contributed by atoms with Gasteiger partial charge in [-0.3, -0.25) is 5.43 Å². The predicted molar refractivity (Wildman–Crippen MR) is 66.3 cm³/mol. The topological polar surface area (TPSA) is 107 Å². The lowest BCUT2D eigenvalue weighted by molar-refractivity contribution is 0.0903. The first kappa shape index (κ1) is 12.8. The standard InChI is InChI=1S/C10H18N6O2/c1-2-18-10-14-8(13-9(15-10)16-11)12-7-3-5-17-6-4-7/h7H,2-6,11H2,1H3,(H2,12,13,14,15,16). The van der Waals surface area contributed by atoms with E-state index in [9.17, 15) is 0 Å². The number of aromatic nitrogens is 3. The molecule has 0 amide bonds. The van der Waals surface area contributed by atoms with Crippen molar-refractivity contribution in [2.75, 3.05) is 30.6 Å². The second-order valence-electron chi connectivity index (χ2n) is 3.87. The first-order chi connectivity index (χ1) is 8.81. The van der Waals surface area contributed by atoms with Crippen molar-refractivity contribution in [3.05, 3.63) is 0 Å². The summed E-state index contributed by atoms with van der Waals surface area (Å²) in [6.07, 6.45) is 1.86. The molecule has 8 heteroatoms. The van der Waals surface area contributed by atoms with Gasteiger partial charge in [0.15, 0.2) is 0 Å². The molecule has 1 saturated heterocycles. The highest BCUT2D eigenvalue weighted by atomic mass is 16.5. The average molecular weight is 254 g/mol. The quantitative estimate of drug-likeness (QED) is 0.503. The van der Waals surface area contributed by atoms with Gasteiger partial charge in [-0.1, -0.05) is 0 Å². The number of nitrogens with one attached hydrogen (secondary N) is 2. The predicted octanol–water partition coefficient (Wildman–Crippen LogP) is 0.147. The second kappa shape index (κ2) is 6.31. The summed E-state index contributed by atoms with van der Waals surface area (Å²) in [5, 5.41) is 3.24. The zero-order valence-corrected chi connectivity index (χ0v) is 10.3. The van der Waals surface area contributed by atoms with Crippen LogP contribution in [0.2, 0.25) is 0 Å². The molecule has 18 heavy (non-hydrogen) atoms. The number of anilines is 2. The number of nitrogen functional groups attached to an aromatic ring is 1. The largest absolute Gasteiger partial charge is 0.464 e. The molecular formula is C10H18N6O2. The van der Waals surface area contributed by atoms with Crippen LogP contribution in [0.5, 0.6) is 6.01 Å². The Morgan fingerprint density at radius 2 is 2.00 bits per heavy atom. The minimum atomic E-state index is 0.259. The summed E-state index contributed by atoms with van der Waals surface area (Å²) in [7, 11) is 0. The Labute approximate surface area is 105 Å². The first-order valence-electron chi connectivity index (χ1n) is 6.01. The number of nitrogens with two attached hydrogens (primary N) is 1. The van der Waals surface area contributed by atoms with E-state index in [1.54, 1.807) is 0 Å². The molecule has 0 saturated carbocycles. The van der Waals surface area contributed by atoms with E-state index in [0.717, 1.165) is 26.1 Å². The van der Waals surface area contributed by atoms with E-state index in [-0.39, 0.29) is 12.0 Å². The van der Waals surface area contributed by atoms with Gasteiger partial charge in [0, 0.05) is 19.3 Å². The highest BCUT2D eigenvalue weighted by Gasteiger charge is 2.15. The summed E-state index contributed by atoms with van der Waals surface area (Å²) in [4.78, 5) is 12.3. The lowest BCUT2D eigenvalue weighted by atomic mass is 10.1. The van der Waals surface area contributed by atoms with Crippen LogP contribution in [-0.2, 0) is 4.74 Å². The van der Waals surface area contributed by atoms with Crippen molar-refractivity contribution in [2.24, 2.45) is 5.84 Å². The molecule has 2 rings (SSSR count).